The summed E-state index contributed by atoms with van der Waals surface area (Å²) >= 11 is 0. The molecular weight excluding hydrogens is 200 g/mol. The number of amides is 1. The number of aromatic nitrogens is 2. The highest BCUT2D eigenvalue weighted by Crippen LogP contribution is 2.21. The zero-order valence-electron chi connectivity index (χ0n) is 7.94. The number of hydrogen-bond donors (Lipinski definition) is 0. The average molecular weight is 210 g/mol. The van der Waals surface area contributed by atoms with E-state index in [0.717, 1.165) is 12.8 Å². The van der Waals surface area contributed by atoms with Crippen molar-refractivity contribution < 1.29 is 9.72 Å². The van der Waals surface area contributed by atoms with Gasteiger partial charge in [-0.25, -0.2) is 0 Å². The Labute approximate surface area is 85.4 Å². The number of rotatable bonds is 3. The van der Waals surface area contributed by atoms with Gasteiger partial charge in [0, 0.05) is 13.1 Å². The second kappa shape index (κ2) is 3.68. The molecule has 1 unspecified atom stereocenters. The van der Waals surface area contributed by atoms with Crippen molar-refractivity contribution in [2.45, 2.75) is 12.5 Å². The van der Waals surface area contributed by atoms with Crippen molar-refractivity contribution in [1.82, 2.24) is 14.7 Å². The number of carbonyl (C=O) groups excluding carboxylic acids is 1. The van der Waals surface area contributed by atoms with Crippen LogP contribution in [0.5, 0.6) is 0 Å². The number of hydrogen-bond acceptors (Lipinski definition) is 4. The van der Waals surface area contributed by atoms with Crippen molar-refractivity contribution >= 4 is 12.1 Å². The molecule has 2 heterocycles. The first-order valence-corrected chi connectivity index (χ1v) is 4.58. The third kappa shape index (κ3) is 1.80. The van der Waals surface area contributed by atoms with Crippen LogP contribution in [0.15, 0.2) is 12.4 Å². The third-order valence-corrected chi connectivity index (χ3v) is 2.52. The number of nitro groups is 1. The van der Waals surface area contributed by atoms with Crippen LogP contribution in [0.4, 0.5) is 5.69 Å². The van der Waals surface area contributed by atoms with Gasteiger partial charge in [0.1, 0.15) is 12.4 Å². The van der Waals surface area contributed by atoms with E-state index in [-0.39, 0.29) is 11.7 Å². The molecule has 0 N–H and O–H groups in total. The lowest BCUT2D eigenvalue weighted by Gasteiger charge is -2.09. The van der Waals surface area contributed by atoms with Crippen LogP contribution in [-0.2, 0) is 4.79 Å². The molecule has 7 heteroatoms. The van der Waals surface area contributed by atoms with Crippen molar-refractivity contribution in [3.05, 3.63) is 22.5 Å². The first kappa shape index (κ1) is 9.63. The molecule has 1 atom stereocenters. The van der Waals surface area contributed by atoms with Crippen molar-refractivity contribution in [1.29, 1.82) is 0 Å². The van der Waals surface area contributed by atoms with Gasteiger partial charge in [0.25, 0.3) is 0 Å². The molecule has 1 fully saturated rings. The maximum absolute atomic E-state index is 10.5. The maximum Gasteiger partial charge on any atom is 0.307 e. The molecule has 0 aromatic carbocycles. The molecule has 1 amide bonds. The first-order chi connectivity index (χ1) is 7.20. The van der Waals surface area contributed by atoms with Gasteiger partial charge in [-0.3, -0.25) is 19.6 Å². The fraction of sp³-hybridized carbons (Fsp3) is 0.500. The van der Waals surface area contributed by atoms with E-state index in [0.29, 0.717) is 13.1 Å². The maximum atomic E-state index is 10.5. The first-order valence-electron chi connectivity index (χ1n) is 4.58. The minimum atomic E-state index is -0.476. The topological polar surface area (TPSA) is 81.3 Å². The van der Waals surface area contributed by atoms with Gasteiger partial charge in [-0.05, 0) is 6.42 Å². The highest BCUT2D eigenvalue weighted by molar-refractivity contribution is 5.47. The van der Waals surface area contributed by atoms with Crippen LogP contribution in [0.2, 0.25) is 0 Å². The van der Waals surface area contributed by atoms with Gasteiger partial charge in [-0.1, -0.05) is 0 Å². The molecule has 2 rings (SSSR count). The quantitative estimate of drug-likeness (QED) is 0.405. The lowest BCUT2D eigenvalue weighted by Crippen LogP contribution is -2.19. The van der Waals surface area contributed by atoms with Crippen LogP contribution in [0.1, 0.15) is 12.5 Å². The smallest absolute Gasteiger partial charge is 0.307 e. The Hall–Kier alpha value is -1.92. The zero-order valence-corrected chi connectivity index (χ0v) is 7.94. The summed E-state index contributed by atoms with van der Waals surface area (Å²) in [5.41, 5.74) is -0.0143. The van der Waals surface area contributed by atoms with Gasteiger partial charge >= 0.3 is 5.69 Å². The Morgan fingerprint density at radius 2 is 2.47 bits per heavy atom. The van der Waals surface area contributed by atoms with E-state index in [9.17, 15) is 14.9 Å². The predicted molar refractivity (Wildman–Crippen MR) is 50.2 cm³/mol. The largest absolute Gasteiger partial charge is 0.343 e. The summed E-state index contributed by atoms with van der Waals surface area (Å²) in [5.74, 6) is 0. The van der Waals surface area contributed by atoms with Gasteiger partial charge in [-0.15, -0.1) is 0 Å². The molecule has 80 valence electrons. The van der Waals surface area contributed by atoms with E-state index in [1.54, 1.807) is 9.58 Å². The summed E-state index contributed by atoms with van der Waals surface area (Å²) in [4.78, 5) is 22.1. The number of carbonyl (C=O) groups is 1. The zero-order chi connectivity index (χ0) is 10.8. The molecule has 1 aliphatic rings. The summed E-state index contributed by atoms with van der Waals surface area (Å²) in [6.07, 6.45) is 4.21. The lowest BCUT2D eigenvalue weighted by molar-refractivity contribution is -0.385. The fourth-order valence-electron chi connectivity index (χ4n) is 1.70. The van der Waals surface area contributed by atoms with Gasteiger partial charge in [0.2, 0.25) is 6.41 Å². The average Bonchev–Trinajstić information content (AvgIpc) is 2.86. The van der Waals surface area contributed by atoms with E-state index >= 15 is 0 Å². The Morgan fingerprint density at radius 1 is 1.67 bits per heavy atom. The highest BCUT2D eigenvalue weighted by Gasteiger charge is 2.24. The van der Waals surface area contributed by atoms with Crippen LogP contribution >= 0.6 is 0 Å². The highest BCUT2D eigenvalue weighted by atomic mass is 16.6. The molecule has 0 radical (unpaired) electrons. The van der Waals surface area contributed by atoms with E-state index in [1.165, 1.54) is 12.4 Å². The minimum Gasteiger partial charge on any atom is -0.343 e. The van der Waals surface area contributed by atoms with Gasteiger partial charge in [0.05, 0.1) is 11.0 Å². The van der Waals surface area contributed by atoms with E-state index in [4.69, 9.17) is 0 Å². The molecule has 0 aliphatic carbocycles. The summed E-state index contributed by atoms with van der Waals surface area (Å²) in [6.45, 7) is 1.25. The normalized spacial score (nSPS) is 20.5. The lowest BCUT2D eigenvalue weighted by atomic mass is 10.3. The predicted octanol–water partition coefficient (Wildman–Crippen LogP) is 0.194. The Kier molecular flexibility index (Phi) is 2.36. The van der Waals surface area contributed by atoms with Gasteiger partial charge in [-0.2, -0.15) is 5.10 Å². The monoisotopic (exact) mass is 210 g/mol. The molecule has 1 saturated heterocycles. The Bertz CT molecular complexity index is 389. The second-order valence-electron chi connectivity index (χ2n) is 3.48. The van der Waals surface area contributed by atoms with Gasteiger partial charge in [0.15, 0.2) is 0 Å². The van der Waals surface area contributed by atoms with Crippen LogP contribution in [0.25, 0.3) is 0 Å². The van der Waals surface area contributed by atoms with Gasteiger partial charge < -0.3 is 4.90 Å². The number of nitrogens with zero attached hydrogens (tertiary/aromatic N) is 4. The van der Waals surface area contributed by atoms with Crippen molar-refractivity contribution in [3.63, 3.8) is 0 Å². The van der Waals surface area contributed by atoms with Crippen molar-refractivity contribution in [3.8, 4) is 0 Å². The minimum absolute atomic E-state index is 0.0143. The third-order valence-electron chi connectivity index (χ3n) is 2.52. The molecule has 0 saturated carbocycles. The molecule has 1 aliphatic heterocycles. The van der Waals surface area contributed by atoms with Crippen LogP contribution in [0.3, 0.4) is 0 Å². The standard InChI is InChI=1S/C8H10N4O3/c13-6-10-2-1-7(4-10)11-5-8(3-9-11)12(14)15/h3,5-7H,1-2,4H2. The molecular formula is C8H10N4O3. The van der Waals surface area contributed by atoms with E-state index < -0.39 is 4.92 Å². The van der Waals surface area contributed by atoms with Crippen LogP contribution in [0, 0.1) is 10.1 Å². The molecule has 7 nitrogen and oxygen atoms in total. The molecule has 1 aromatic heterocycles. The molecule has 0 bridgehead atoms. The second-order valence-corrected chi connectivity index (χ2v) is 3.48. The summed E-state index contributed by atoms with van der Waals surface area (Å²) in [7, 11) is 0. The molecule has 0 spiro atoms. The van der Waals surface area contributed by atoms with E-state index in [2.05, 4.69) is 5.10 Å². The van der Waals surface area contributed by atoms with Crippen LogP contribution < -0.4 is 0 Å². The summed E-state index contributed by atoms with van der Waals surface area (Å²) in [5, 5.41) is 14.4. The summed E-state index contributed by atoms with van der Waals surface area (Å²) in [6, 6.07) is 0.0592. The van der Waals surface area contributed by atoms with Crippen LogP contribution in [-0.4, -0.2) is 39.1 Å². The number of likely N-dealkylation sites (tertiary alicyclic amines) is 1. The summed E-state index contributed by atoms with van der Waals surface area (Å²) < 4.78 is 1.56. The SMILES string of the molecule is O=CN1CCC(n2cc([N+](=O)[O-])cn2)C1. The fourth-order valence-corrected chi connectivity index (χ4v) is 1.70. The molecule has 15 heavy (non-hydrogen) atoms. The Balaban J connectivity index is 2.10. The van der Waals surface area contributed by atoms with E-state index in [1.807, 2.05) is 0 Å². The van der Waals surface area contributed by atoms with Crippen molar-refractivity contribution in [2.24, 2.45) is 0 Å². The molecule has 1 aromatic rings. The van der Waals surface area contributed by atoms with Crippen molar-refractivity contribution in [2.75, 3.05) is 13.1 Å². The Morgan fingerprint density at radius 3 is 3.00 bits per heavy atom.